The van der Waals surface area contributed by atoms with Gasteiger partial charge in [-0.3, -0.25) is 9.79 Å². The van der Waals surface area contributed by atoms with Crippen molar-refractivity contribution < 1.29 is 9.18 Å². The molecule has 0 aliphatic carbocycles. The summed E-state index contributed by atoms with van der Waals surface area (Å²) in [6.45, 7) is 0.724. The van der Waals surface area contributed by atoms with Crippen LogP contribution in [0.3, 0.4) is 0 Å². The Bertz CT molecular complexity index is 650. The molecule has 1 amide bonds. The van der Waals surface area contributed by atoms with Crippen molar-refractivity contribution in [3.63, 3.8) is 0 Å². The van der Waals surface area contributed by atoms with Crippen molar-refractivity contribution >= 4 is 33.7 Å². The van der Waals surface area contributed by atoms with Gasteiger partial charge in [-0.25, -0.2) is 4.39 Å². The number of H-pyrrole nitrogens is 1. The van der Waals surface area contributed by atoms with E-state index in [1.54, 1.807) is 12.1 Å². The first kappa shape index (κ1) is 11.3. The molecule has 2 aromatic rings. The lowest BCUT2D eigenvalue weighted by molar-refractivity contribution is 0.0974. The van der Waals surface area contributed by atoms with Gasteiger partial charge in [-0.05, 0) is 18.2 Å². The van der Waals surface area contributed by atoms with E-state index in [1.807, 2.05) is 0 Å². The maximum atomic E-state index is 13.5. The molecule has 0 fully saturated rings. The summed E-state index contributed by atoms with van der Waals surface area (Å²) in [6, 6.07) is 6.22. The first-order valence-corrected chi connectivity index (χ1v) is 6.48. The number of nitrogens with one attached hydrogen (secondary N) is 2. The highest BCUT2D eigenvalue weighted by Gasteiger charge is 2.15. The van der Waals surface area contributed by atoms with E-state index in [2.05, 4.69) is 15.3 Å². The third-order valence-corrected chi connectivity index (χ3v) is 3.55. The smallest absolute Gasteiger partial charge is 0.273 e. The summed E-state index contributed by atoms with van der Waals surface area (Å²) in [5.41, 5.74) is 0.950. The van der Waals surface area contributed by atoms with Gasteiger partial charge in [0, 0.05) is 16.7 Å². The Hall–Kier alpha value is -1.82. The molecule has 3 rings (SSSR count). The minimum Gasteiger partial charge on any atom is -0.350 e. The van der Waals surface area contributed by atoms with E-state index in [9.17, 15) is 9.18 Å². The number of nitrogens with zero attached hydrogens (tertiary/aromatic N) is 1. The molecule has 4 nitrogen and oxygen atoms in total. The van der Waals surface area contributed by atoms with Crippen LogP contribution in [0.25, 0.3) is 10.9 Å². The monoisotopic (exact) mass is 263 g/mol. The van der Waals surface area contributed by atoms with Crippen molar-refractivity contribution in [3.8, 4) is 0 Å². The molecule has 0 saturated heterocycles. The molecule has 0 bridgehead atoms. The van der Waals surface area contributed by atoms with Gasteiger partial charge in [0.2, 0.25) is 0 Å². The second-order valence-electron chi connectivity index (χ2n) is 3.87. The van der Waals surface area contributed by atoms with Gasteiger partial charge in [-0.15, -0.1) is 0 Å². The molecule has 2 heterocycles. The van der Waals surface area contributed by atoms with Crippen molar-refractivity contribution in [3.05, 3.63) is 35.8 Å². The van der Waals surface area contributed by atoms with Gasteiger partial charge in [0.15, 0.2) is 5.17 Å². The van der Waals surface area contributed by atoms with Crippen molar-refractivity contribution in [1.29, 1.82) is 0 Å². The molecule has 92 valence electrons. The molecule has 1 aromatic heterocycles. The minimum atomic E-state index is -0.338. The number of fused-ring (bicyclic) bond motifs is 1. The number of amidine groups is 1. The maximum Gasteiger partial charge on any atom is 0.273 e. The summed E-state index contributed by atoms with van der Waals surface area (Å²) >= 11 is 1.51. The van der Waals surface area contributed by atoms with E-state index in [-0.39, 0.29) is 11.7 Å². The van der Waals surface area contributed by atoms with Gasteiger partial charge in [-0.2, -0.15) is 0 Å². The number of halogens is 1. The largest absolute Gasteiger partial charge is 0.350 e. The van der Waals surface area contributed by atoms with Crippen LogP contribution in [0.4, 0.5) is 4.39 Å². The summed E-state index contributed by atoms with van der Waals surface area (Å²) in [6.07, 6.45) is 0. The Balaban J connectivity index is 1.89. The summed E-state index contributed by atoms with van der Waals surface area (Å²) in [5, 5.41) is 3.74. The SMILES string of the molecule is O=C(NC1=NCCS1)c1cc2c(F)cccc2[nH]1. The standard InChI is InChI=1S/C12H10FN3OS/c13-8-2-1-3-9-7(8)6-10(15-9)11(17)16-12-14-4-5-18-12/h1-3,6,15H,4-5H2,(H,14,16,17). The number of aliphatic imine (C=N–C) groups is 1. The number of thioether (sulfide) groups is 1. The molecular weight excluding hydrogens is 253 g/mol. The van der Waals surface area contributed by atoms with Gasteiger partial charge < -0.3 is 10.3 Å². The Kier molecular flexibility index (Phi) is 2.79. The van der Waals surface area contributed by atoms with E-state index in [0.717, 1.165) is 12.3 Å². The van der Waals surface area contributed by atoms with Crippen LogP contribution in [0.15, 0.2) is 29.3 Å². The van der Waals surface area contributed by atoms with Gasteiger partial charge in [0.05, 0.1) is 6.54 Å². The third kappa shape index (κ3) is 1.99. The molecule has 2 N–H and O–H groups in total. The highest BCUT2D eigenvalue weighted by Crippen LogP contribution is 2.19. The topological polar surface area (TPSA) is 57.2 Å². The summed E-state index contributed by atoms with van der Waals surface area (Å²) in [4.78, 5) is 18.9. The fraction of sp³-hybridized carbons (Fsp3) is 0.167. The molecule has 0 spiro atoms. The van der Waals surface area contributed by atoms with E-state index >= 15 is 0 Å². The first-order chi connectivity index (χ1) is 8.74. The number of aromatic nitrogens is 1. The molecule has 1 aromatic carbocycles. The lowest BCUT2D eigenvalue weighted by Gasteiger charge is -2.00. The van der Waals surface area contributed by atoms with Crippen LogP contribution in [0.2, 0.25) is 0 Å². The number of carbonyl (C=O) groups excluding carboxylic acids is 1. The molecule has 0 radical (unpaired) electrons. The minimum absolute atomic E-state index is 0.293. The lowest BCUT2D eigenvalue weighted by atomic mass is 10.2. The number of carbonyl (C=O) groups is 1. The molecule has 1 aliphatic heterocycles. The highest BCUT2D eigenvalue weighted by atomic mass is 32.2. The second kappa shape index (κ2) is 4.45. The average molecular weight is 263 g/mol. The van der Waals surface area contributed by atoms with Crippen molar-refractivity contribution in [1.82, 2.24) is 10.3 Å². The van der Waals surface area contributed by atoms with Crippen LogP contribution in [0, 0.1) is 5.82 Å². The van der Waals surface area contributed by atoms with Crippen LogP contribution in [0.1, 0.15) is 10.5 Å². The molecule has 6 heteroatoms. The number of aromatic amines is 1. The van der Waals surface area contributed by atoms with Gasteiger partial charge in [-0.1, -0.05) is 17.8 Å². The van der Waals surface area contributed by atoms with Crippen LogP contribution < -0.4 is 5.32 Å². The highest BCUT2D eigenvalue weighted by molar-refractivity contribution is 8.14. The zero-order valence-corrected chi connectivity index (χ0v) is 10.2. The van der Waals surface area contributed by atoms with Crippen molar-refractivity contribution in [2.75, 3.05) is 12.3 Å². The van der Waals surface area contributed by atoms with Crippen molar-refractivity contribution in [2.45, 2.75) is 0 Å². The Morgan fingerprint density at radius 2 is 2.39 bits per heavy atom. The lowest BCUT2D eigenvalue weighted by Crippen LogP contribution is -2.27. The Morgan fingerprint density at radius 1 is 1.50 bits per heavy atom. The van der Waals surface area contributed by atoms with Crippen LogP contribution in [-0.2, 0) is 0 Å². The first-order valence-electron chi connectivity index (χ1n) is 5.50. The molecule has 18 heavy (non-hydrogen) atoms. The third-order valence-electron chi connectivity index (χ3n) is 2.66. The number of hydrogen-bond donors (Lipinski definition) is 2. The van der Waals surface area contributed by atoms with Gasteiger partial charge >= 0.3 is 0 Å². The van der Waals surface area contributed by atoms with Gasteiger partial charge in [0.1, 0.15) is 11.5 Å². The van der Waals surface area contributed by atoms with E-state index in [4.69, 9.17) is 0 Å². The normalized spacial score (nSPS) is 14.8. The Labute approximate surface area is 107 Å². The average Bonchev–Trinajstić information content (AvgIpc) is 2.97. The predicted molar refractivity (Wildman–Crippen MR) is 70.5 cm³/mol. The van der Waals surface area contributed by atoms with Crippen LogP contribution in [-0.4, -0.2) is 28.4 Å². The molecule has 1 aliphatic rings. The second-order valence-corrected chi connectivity index (χ2v) is 4.96. The maximum absolute atomic E-state index is 13.5. The van der Waals surface area contributed by atoms with Crippen molar-refractivity contribution in [2.24, 2.45) is 4.99 Å². The number of hydrogen-bond acceptors (Lipinski definition) is 3. The molecular formula is C12H10FN3OS. The summed E-state index contributed by atoms with van der Waals surface area (Å²) < 4.78 is 13.5. The zero-order chi connectivity index (χ0) is 12.5. The van der Waals surface area contributed by atoms with Crippen LogP contribution in [0.5, 0.6) is 0 Å². The van der Waals surface area contributed by atoms with Gasteiger partial charge in [0.25, 0.3) is 5.91 Å². The van der Waals surface area contributed by atoms with E-state index in [1.165, 1.54) is 23.9 Å². The zero-order valence-electron chi connectivity index (χ0n) is 9.37. The molecule has 0 atom stereocenters. The van der Waals surface area contributed by atoms with Crippen LogP contribution >= 0.6 is 11.8 Å². The predicted octanol–water partition coefficient (Wildman–Crippen LogP) is 2.14. The number of benzene rings is 1. The number of rotatable bonds is 1. The fourth-order valence-electron chi connectivity index (χ4n) is 1.82. The van der Waals surface area contributed by atoms with E-state index < -0.39 is 0 Å². The molecule has 0 unspecified atom stereocenters. The fourth-order valence-corrected chi connectivity index (χ4v) is 2.54. The quantitative estimate of drug-likeness (QED) is 0.828. The number of amides is 1. The molecule has 0 saturated carbocycles. The van der Waals surface area contributed by atoms with E-state index in [0.29, 0.717) is 21.8 Å². The summed E-state index contributed by atoms with van der Waals surface area (Å²) in [5.74, 6) is 0.255. The summed E-state index contributed by atoms with van der Waals surface area (Å²) in [7, 11) is 0. The Morgan fingerprint density at radius 3 is 3.11 bits per heavy atom.